The molecule has 0 amide bonds. The molecule has 0 aliphatic rings. The second kappa shape index (κ2) is 8.25. The number of fused-ring (bicyclic) bond motifs is 1. The topological polar surface area (TPSA) is 147 Å². The van der Waals surface area contributed by atoms with Crippen LogP contribution in [0.3, 0.4) is 0 Å². The number of anilines is 2. The molecule has 31 heavy (non-hydrogen) atoms. The van der Waals surface area contributed by atoms with Gasteiger partial charge in [-0.1, -0.05) is 12.1 Å². The summed E-state index contributed by atoms with van der Waals surface area (Å²) in [6.45, 7) is 3.70. The molecule has 10 heteroatoms. The van der Waals surface area contributed by atoms with E-state index in [4.69, 9.17) is 10.5 Å². The number of aromatic nitrogens is 5. The van der Waals surface area contributed by atoms with Gasteiger partial charge in [-0.05, 0) is 43.2 Å². The largest absolute Gasteiger partial charge is 0.437 e. The lowest BCUT2D eigenvalue weighted by Crippen LogP contribution is -2.16. The fraction of sp³-hybridized carbons (Fsp3) is 0.190. The number of aliphatic hydroxyl groups is 1. The van der Waals surface area contributed by atoms with E-state index in [9.17, 15) is 10.4 Å². The van der Waals surface area contributed by atoms with E-state index in [-0.39, 0.29) is 18.0 Å². The quantitative estimate of drug-likeness (QED) is 0.431. The van der Waals surface area contributed by atoms with E-state index in [1.807, 2.05) is 38.2 Å². The third-order valence-corrected chi connectivity index (χ3v) is 4.72. The number of nitrogens with one attached hydrogen (secondary N) is 1. The summed E-state index contributed by atoms with van der Waals surface area (Å²) in [4.78, 5) is 12.6. The summed E-state index contributed by atoms with van der Waals surface area (Å²) in [7, 11) is 0. The van der Waals surface area contributed by atoms with Gasteiger partial charge in [0.15, 0.2) is 5.82 Å². The van der Waals surface area contributed by atoms with E-state index in [0.717, 1.165) is 16.6 Å². The van der Waals surface area contributed by atoms with Crippen molar-refractivity contribution in [1.29, 1.82) is 5.26 Å². The first-order valence-electron chi connectivity index (χ1n) is 9.50. The molecule has 0 spiro atoms. The summed E-state index contributed by atoms with van der Waals surface area (Å²) in [5, 5.41) is 26.4. The first-order valence-corrected chi connectivity index (χ1v) is 9.50. The highest BCUT2D eigenvalue weighted by Gasteiger charge is 2.19. The average Bonchev–Trinajstić information content (AvgIpc) is 3.15. The van der Waals surface area contributed by atoms with E-state index in [0.29, 0.717) is 23.3 Å². The SMILES string of the molecule is Cc1ccn2nc([C@H](C)Nc3ncnc(N)c3C#N)nc(Oc3cccc(CO)c3)c12. The Morgan fingerprint density at radius 3 is 2.94 bits per heavy atom. The number of hydrogen-bond acceptors (Lipinski definition) is 9. The summed E-state index contributed by atoms with van der Waals surface area (Å²) in [6.07, 6.45) is 3.11. The highest BCUT2D eigenvalue weighted by molar-refractivity contribution is 5.64. The maximum absolute atomic E-state index is 9.39. The molecule has 10 nitrogen and oxygen atoms in total. The molecule has 0 fully saturated rings. The van der Waals surface area contributed by atoms with Gasteiger partial charge in [0.2, 0.25) is 5.88 Å². The summed E-state index contributed by atoms with van der Waals surface area (Å²) < 4.78 is 7.76. The molecule has 0 aliphatic heterocycles. The molecule has 3 aromatic heterocycles. The molecule has 0 saturated carbocycles. The Morgan fingerprint density at radius 1 is 1.32 bits per heavy atom. The summed E-state index contributed by atoms with van der Waals surface area (Å²) in [5.41, 5.74) is 8.34. The van der Waals surface area contributed by atoms with Crippen molar-refractivity contribution in [3.8, 4) is 17.7 Å². The number of aliphatic hydroxyl groups excluding tert-OH is 1. The van der Waals surface area contributed by atoms with Crippen molar-refractivity contribution in [3.63, 3.8) is 0 Å². The molecule has 0 saturated heterocycles. The summed E-state index contributed by atoms with van der Waals surface area (Å²) >= 11 is 0. The standard InChI is InChI=1S/C21H20N8O2/c1-12-6-7-29-17(12)21(31-15-5-3-4-14(8-15)10-30)27-19(28-29)13(2)26-20-16(9-22)18(23)24-11-25-20/h3-8,11,13,30H,10H2,1-2H3,(H3,23,24,25,26)/t13-/m0/s1. The van der Waals surface area contributed by atoms with Gasteiger partial charge in [-0.2, -0.15) is 15.3 Å². The number of hydrogen-bond donors (Lipinski definition) is 3. The highest BCUT2D eigenvalue weighted by atomic mass is 16.5. The van der Waals surface area contributed by atoms with E-state index in [1.54, 1.807) is 22.7 Å². The molecular formula is C21H20N8O2. The van der Waals surface area contributed by atoms with Gasteiger partial charge in [0.05, 0.1) is 12.6 Å². The van der Waals surface area contributed by atoms with Crippen molar-refractivity contribution in [2.24, 2.45) is 0 Å². The van der Waals surface area contributed by atoms with Crippen molar-refractivity contribution in [3.05, 3.63) is 65.4 Å². The van der Waals surface area contributed by atoms with E-state index in [2.05, 4.69) is 25.4 Å². The number of ether oxygens (including phenoxy) is 1. The van der Waals surface area contributed by atoms with Gasteiger partial charge in [0.1, 0.15) is 40.9 Å². The summed E-state index contributed by atoms with van der Waals surface area (Å²) in [5.74, 6) is 1.75. The Morgan fingerprint density at radius 2 is 2.16 bits per heavy atom. The number of aryl methyl sites for hydroxylation is 1. The molecule has 0 aliphatic carbocycles. The number of nitrogens with two attached hydrogens (primary N) is 1. The van der Waals surface area contributed by atoms with Gasteiger partial charge in [-0.3, -0.25) is 0 Å². The molecular weight excluding hydrogens is 396 g/mol. The van der Waals surface area contributed by atoms with Gasteiger partial charge in [-0.15, -0.1) is 0 Å². The van der Waals surface area contributed by atoms with Crippen LogP contribution in [-0.4, -0.2) is 29.7 Å². The number of rotatable bonds is 6. The number of nitrogen functional groups attached to an aromatic ring is 1. The molecule has 0 radical (unpaired) electrons. The van der Waals surface area contributed by atoms with Crippen LogP contribution < -0.4 is 15.8 Å². The van der Waals surface area contributed by atoms with Crippen LogP contribution in [0.25, 0.3) is 5.52 Å². The fourth-order valence-corrected chi connectivity index (χ4v) is 3.12. The van der Waals surface area contributed by atoms with Crippen molar-refractivity contribution in [2.45, 2.75) is 26.5 Å². The second-order valence-electron chi connectivity index (χ2n) is 6.94. The molecule has 156 valence electrons. The van der Waals surface area contributed by atoms with Crippen LogP contribution in [0.5, 0.6) is 11.6 Å². The third kappa shape index (κ3) is 3.94. The van der Waals surface area contributed by atoms with Crippen molar-refractivity contribution in [2.75, 3.05) is 11.1 Å². The molecule has 1 aromatic carbocycles. The molecule has 4 aromatic rings. The zero-order valence-electron chi connectivity index (χ0n) is 16.9. The fourth-order valence-electron chi connectivity index (χ4n) is 3.12. The molecule has 0 unspecified atom stereocenters. The average molecular weight is 416 g/mol. The van der Waals surface area contributed by atoms with Gasteiger partial charge in [-0.25, -0.2) is 14.5 Å². The van der Waals surface area contributed by atoms with E-state index < -0.39 is 6.04 Å². The number of nitriles is 1. The molecule has 4 rings (SSSR count). The van der Waals surface area contributed by atoms with E-state index in [1.165, 1.54) is 6.33 Å². The van der Waals surface area contributed by atoms with Crippen LogP contribution in [0, 0.1) is 18.3 Å². The van der Waals surface area contributed by atoms with Crippen molar-refractivity contribution >= 4 is 17.2 Å². The lowest BCUT2D eigenvalue weighted by molar-refractivity contribution is 0.281. The second-order valence-corrected chi connectivity index (χ2v) is 6.94. The van der Waals surface area contributed by atoms with E-state index >= 15 is 0 Å². The minimum absolute atomic E-state index is 0.0873. The molecule has 4 N–H and O–H groups in total. The third-order valence-electron chi connectivity index (χ3n) is 4.72. The van der Waals surface area contributed by atoms with Crippen LogP contribution in [0.2, 0.25) is 0 Å². The Hall–Kier alpha value is -4.23. The minimum atomic E-state index is -0.417. The predicted octanol–water partition coefficient (Wildman–Crippen LogP) is 2.74. The molecule has 3 heterocycles. The first kappa shape index (κ1) is 20.1. The maximum atomic E-state index is 9.39. The first-order chi connectivity index (χ1) is 15.0. The van der Waals surface area contributed by atoms with Gasteiger partial charge in [0.25, 0.3) is 0 Å². The number of nitrogens with zero attached hydrogens (tertiary/aromatic N) is 6. The summed E-state index contributed by atoms with van der Waals surface area (Å²) in [6, 6.07) is 10.7. The van der Waals surface area contributed by atoms with Crippen LogP contribution >= 0.6 is 0 Å². The lowest BCUT2D eigenvalue weighted by Gasteiger charge is -2.16. The highest BCUT2D eigenvalue weighted by Crippen LogP contribution is 2.29. The van der Waals surface area contributed by atoms with Crippen molar-refractivity contribution in [1.82, 2.24) is 24.6 Å². The number of benzene rings is 1. The van der Waals surface area contributed by atoms with Gasteiger partial charge in [0, 0.05) is 6.20 Å². The molecule has 1 atom stereocenters. The van der Waals surface area contributed by atoms with Crippen LogP contribution in [0.4, 0.5) is 11.6 Å². The minimum Gasteiger partial charge on any atom is -0.437 e. The normalized spacial score (nSPS) is 11.8. The Kier molecular flexibility index (Phi) is 5.34. The maximum Gasteiger partial charge on any atom is 0.247 e. The Labute approximate surface area is 178 Å². The van der Waals surface area contributed by atoms with Crippen LogP contribution in [0.15, 0.2) is 42.9 Å². The van der Waals surface area contributed by atoms with Crippen molar-refractivity contribution < 1.29 is 9.84 Å². The lowest BCUT2D eigenvalue weighted by atomic mass is 10.2. The predicted molar refractivity (Wildman–Crippen MR) is 113 cm³/mol. The monoisotopic (exact) mass is 416 g/mol. The Balaban J connectivity index is 1.72. The van der Waals surface area contributed by atoms with Crippen LogP contribution in [0.1, 0.15) is 35.5 Å². The van der Waals surface area contributed by atoms with Crippen LogP contribution in [-0.2, 0) is 6.61 Å². The zero-order valence-corrected chi connectivity index (χ0v) is 16.9. The smallest absolute Gasteiger partial charge is 0.247 e. The molecule has 0 bridgehead atoms. The van der Waals surface area contributed by atoms with Gasteiger partial charge < -0.3 is 20.9 Å². The Bertz CT molecular complexity index is 1290. The van der Waals surface area contributed by atoms with Gasteiger partial charge >= 0.3 is 0 Å². The zero-order chi connectivity index (χ0) is 22.0.